The number of nitrogens with one attached hydrogen (secondary N) is 2. The number of benzene rings is 1. The van der Waals surface area contributed by atoms with E-state index in [1.54, 1.807) is 11.9 Å². The zero-order valence-electron chi connectivity index (χ0n) is 13.3. The zero-order chi connectivity index (χ0) is 16.4. The van der Waals surface area contributed by atoms with Crippen LogP contribution in [0, 0.1) is 0 Å². The summed E-state index contributed by atoms with van der Waals surface area (Å²) in [6.07, 6.45) is 3.36. The summed E-state index contributed by atoms with van der Waals surface area (Å²) >= 11 is 5.93. The molecule has 1 aromatic rings. The highest BCUT2D eigenvalue weighted by molar-refractivity contribution is 6.30. The number of nitrogens with zero attached hydrogens (tertiary/aromatic N) is 1. The Labute approximate surface area is 141 Å². The number of carbonyl (C=O) groups excluding carboxylic acids is 2. The molecular weight excluding hydrogens is 314 g/mol. The molecule has 1 saturated heterocycles. The molecule has 1 aliphatic heterocycles. The quantitative estimate of drug-likeness (QED) is 0.887. The highest BCUT2D eigenvalue weighted by Crippen LogP contribution is 2.47. The summed E-state index contributed by atoms with van der Waals surface area (Å²) in [7, 11) is 1.77. The van der Waals surface area contributed by atoms with Crippen LogP contribution in [0.2, 0.25) is 5.02 Å². The van der Waals surface area contributed by atoms with E-state index in [1.165, 1.54) is 5.56 Å². The molecule has 1 heterocycles. The van der Waals surface area contributed by atoms with Gasteiger partial charge in [-0.15, -0.1) is 0 Å². The first-order valence-corrected chi connectivity index (χ1v) is 8.41. The number of halogens is 1. The first-order chi connectivity index (χ1) is 11.0. The second kappa shape index (κ2) is 6.40. The Balaban J connectivity index is 1.49. The van der Waals surface area contributed by atoms with Gasteiger partial charge in [-0.25, -0.2) is 4.79 Å². The largest absolute Gasteiger partial charge is 0.344 e. The second-order valence-electron chi connectivity index (χ2n) is 6.62. The minimum absolute atomic E-state index is 0.0309. The van der Waals surface area contributed by atoms with Crippen molar-refractivity contribution in [3.63, 3.8) is 0 Å². The lowest BCUT2D eigenvalue weighted by atomic mass is 9.96. The van der Waals surface area contributed by atoms with Crippen LogP contribution in [0.4, 0.5) is 4.79 Å². The van der Waals surface area contributed by atoms with E-state index < -0.39 is 0 Å². The number of rotatable bonds is 4. The van der Waals surface area contributed by atoms with E-state index in [0.29, 0.717) is 25.9 Å². The minimum atomic E-state index is -0.155. The summed E-state index contributed by atoms with van der Waals surface area (Å²) in [4.78, 5) is 25.2. The third-order valence-electron chi connectivity index (χ3n) is 4.86. The van der Waals surface area contributed by atoms with Crippen molar-refractivity contribution in [2.24, 2.45) is 0 Å². The summed E-state index contributed by atoms with van der Waals surface area (Å²) in [6, 6.07) is 7.74. The molecule has 124 valence electrons. The number of likely N-dealkylation sites (N-methyl/N-ethyl adjacent to an activating group) is 1. The van der Waals surface area contributed by atoms with Gasteiger partial charge in [-0.2, -0.15) is 0 Å². The molecule has 1 aliphatic carbocycles. The van der Waals surface area contributed by atoms with E-state index in [2.05, 4.69) is 10.6 Å². The van der Waals surface area contributed by atoms with Crippen molar-refractivity contribution in [2.45, 2.75) is 37.1 Å². The van der Waals surface area contributed by atoms with E-state index >= 15 is 0 Å². The minimum Gasteiger partial charge on any atom is -0.344 e. The summed E-state index contributed by atoms with van der Waals surface area (Å²) in [6.45, 7) is 1.20. The molecule has 5 nitrogen and oxygen atoms in total. The highest BCUT2D eigenvalue weighted by Gasteiger charge is 2.44. The van der Waals surface area contributed by atoms with Crippen molar-refractivity contribution < 1.29 is 9.59 Å². The SMILES string of the molecule is CN1C[C@@H](NC(=O)NCC2(c3ccc(Cl)cc3)CC2)CCC1=O. The van der Waals surface area contributed by atoms with Crippen LogP contribution in [0.5, 0.6) is 0 Å². The van der Waals surface area contributed by atoms with Crippen LogP contribution in [0.25, 0.3) is 0 Å². The maximum atomic E-state index is 12.1. The maximum absolute atomic E-state index is 12.1. The molecule has 0 spiro atoms. The van der Waals surface area contributed by atoms with Gasteiger partial charge in [0.2, 0.25) is 5.91 Å². The number of piperidine rings is 1. The molecule has 6 heteroatoms. The number of carbonyl (C=O) groups is 2. The molecule has 1 saturated carbocycles. The number of urea groups is 1. The summed E-state index contributed by atoms with van der Waals surface area (Å²) in [5.41, 5.74) is 1.28. The number of hydrogen-bond donors (Lipinski definition) is 2. The Hall–Kier alpha value is -1.75. The molecule has 0 radical (unpaired) electrons. The fourth-order valence-corrected chi connectivity index (χ4v) is 3.26. The first-order valence-electron chi connectivity index (χ1n) is 8.03. The highest BCUT2D eigenvalue weighted by atomic mass is 35.5. The predicted molar refractivity (Wildman–Crippen MR) is 89.6 cm³/mol. The molecule has 2 fully saturated rings. The molecule has 2 N–H and O–H groups in total. The van der Waals surface area contributed by atoms with Crippen molar-refractivity contribution in [1.82, 2.24) is 15.5 Å². The van der Waals surface area contributed by atoms with Crippen molar-refractivity contribution in [3.8, 4) is 0 Å². The van der Waals surface area contributed by atoms with Gasteiger partial charge in [-0.1, -0.05) is 23.7 Å². The lowest BCUT2D eigenvalue weighted by Crippen LogP contribution is -2.51. The topological polar surface area (TPSA) is 61.4 Å². The monoisotopic (exact) mass is 335 g/mol. The predicted octanol–water partition coefficient (Wildman–Crippen LogP) is 2.29. The van der Waals surface area contributed by atoms with Gasteiger partial charge in [-0.3, -0.25) is 4.79 Å². The van der Waals surface area contributed by atoms with Gasteiger partial charge in [0.25, 0.3) is 0 Å². The average molecular weight is 336 g/mol. The molecule has 3 rings (SSSR count). The van der Waals surface area contributed by atoms with Crippen LogP contribution in [0.1, 0.15) is 31.2 Å². The third kappa shape index (κ3) is 3.78. The van der Waals surface area contributed by atoms with Gasteiger partial charge in [0.05, 0.1) is 0 Å². The number of hydrogen-bond acceptors (Lipinski definition) is 2. The number of amides is 3. The van der Waals surface area contributed by atoms with Crippen molar-refractivity contribution in [2.75, 3.05) is 20.1 Å². The molecule has 0 bridgehead atoms. The molecule has 1 atom stereocenters. The molecule has 2 aliphatic rings. The Bertz CT molecular complexity index is 598. The lowest BCUT2D eigenvalue weighted by molar-refractivity contribution is -0.132. The van der Waals surface area contributed by atoms with Crippen LogP contribution >= 0.6 is 11.6 Å². The van der Waals surface area contributed by atoms with Gasteiger partial charge >= 0.3 is 6.03 Å². The van der Waals surface area contributed by atoms with Gasteiger partial charge in [-0.05, 0) is 37.0 Å². The molecule has 23 heavy (non-hydrogen) atoms. The average Bonchev–Trinajstić information content (AvgIpc) is 3.31. The Morgan fingerprint density at radius 1 is 1.35 bits per heavy atom. The summed E-state index contributed by atoms with van der Waals surface area (Å²) < 4.78 is 0. The second-order valence-corrected chi connectivity index (χ2v) is 7.06. The third-order valence-corrected chi connectivity index (χ3v) is 5.11. The van der Waals surface area contributed by atoms with Gasteiger partial charge < -0.3 is 15.5 Å². The first kappa shape index (κ1) is 16.1. The van der Waals surface area contributed by atoms with Crippen molar-refractivity contribution in [1.29, 1.82) is 0 Å². The fourth-order valence-electron chi connectivity index (χ4n) is 3.14. The van der Waals surface area contributed by atoms with Crippen LogP contribution in [-0.4, -0.2) is 43.0 Å². The molecule has 0 aromatic heterocycles. The van der Waals surface area contributed by atoms with Gasteiger partial charge in [0, 0.05) is 43.0 Å². The van der Waals surface area contributed by atoms with Crippen molar-refractivity contribution >= 4 is 23.5 Å². The Morgan fingerprint density at radius 2 is 2.04 bits per heavy atom. The van der Waals surface area contributed by atoms with Gasteiger partial charge in [0.15, 0.2) is 0 Å². The van der Waals surface area contributed by atoms with Crippen LogP contribution in [-0.2, 0) is 10.2 Å². The normalized spacial score (nSPS) is 22.6. The molecular formula is C17H22ClN3O2. The van der Waals surface area contributed by atoms with Crippen LogP contribution in [0.15, 0.2) is 24.3 Å². The van der Waals surface area contributed by atoms with E-state index in [9.17, 15) is 9.59 Å². The Morgan fingerprint density at radius 3 is 2.65 bits per heavy atom. The van der Waals surface area contributed by atoms with E-state index in [0.717, 1.165) is 17.9 Å². The van der Waals surface area contributed by atoms with Gasteiger partial charge in [0.1, 0.15) is 0 Å². The zero-order valence-corrected chi connectivity index (χ0v) is 14.0. The van der Waals surface area contributed by atoms with Crippen molar-refractivity contribution in [3.05, 3.63) is 34.9 Å². The Kier molecular flexibility index (Phi) is 4.48. The van der Waals surface area contributed by atoms with Crippen LogP contribution in [0.3, 0.4) is 0 Å². The standard InChI is InChI=1S/C17H22ClN3O2/c1-21-10-14(6-7-15(21)22)20-16(23)19-11-17(8-9-17)12-2-4-13(18)5-3-12/h2-5,14H,6-11H2,1H3,(H2,19,20,23)/t14-/m0/s1. The number of likely N-dealkylation sites (tertiary alicyclic amines) is 1. The smallest absolute Gasteiger partial charge is 0.315 e. The molecule has 1 aromatic carbocycles. The summed E-state index contributed by atoms with van der Waals surface area (Å²) in [5, 5.41) is 6.68. The fraction of sp³-hybridized carbons (Fsp3) is 0.529. The van der Waals surface area contributed by atoms with E-state index in [1.807, 2.05) is 24.3 Å². The molecule has 3 amide bonds. The van der Waals surface area contributed by atoms with E-state index in [-0.39, 0.29) is 23.4 Å². The molecule has 0 unspecified atom stereocenters. The van der Waals surface area contributed by atoms with Crippen LogP contribution < -0.4 is 10.6 Å². The maximum Gasteiger partial charge on any atom is 0.315 e. The summed E-state index contributed by atoms with van der Waals surface area (Å²) in [5.74, 6) is 0.142. The lowest BCUT2D eigenvalue weighted by Gasteiger charge is -2.30. The van der Waals surface area contributed by atoms with E-state index in [4.69, 9.17) is 11.6 Å².